The van der Waals surface area contributed by atoms with Gasteiger partial charge in [0.1, 0.15) is 0 Å². The molecule has 0 aliphatic heterocycles. The van der Waals surface area contributed by atoms with Crippen molar-refractivity contribution in [3.8, 4) is 0 Å². The lowest BCUT2D eigenvalue weighted by molar-refractivity contribution is -0.162. The number of carbonyl (C=O) groups excluding carboxylic acids is 1. The van der Waals surface area contributed by atoms with Crippen LogP contribution < -0.4 is 0 Å². The van der Waals surface area contributed by atoms with E-state index in [4.69, 9.17) is 4.84 Å². The molecule has 0 spiro atoms. The Bertz CT molecular complexity index is 207. The zero-order valence-electron chi connectivity index (χ0n) is 9.03. The molecule has 0 N–H and O–H groups in total. The van der Waals surface area contributed by atoms with Crippen molar-refractivity contribution < 1.29 is 9.63 Å². The van der Waals surface area contributed by atoms with Crippen molar-refractivity contribution >= 4 is 5.91 Å². The van der Waals surface area contributed by atoms with Crippen molar-refractivity contribution in [1.29, 1.82) is 0 Å². The van der Waals surface area contributed by atoms with Gasteiger partial charge in [-0.15, -0.1) is 0 Å². The van der Waals surface area contributed by atoms with Crippen LogP contribution in [0.3, 0.4) is 0 Å². The smallest absolute Gasteiger partial charge is 0.269 e. The molecule has 0 radical (unpaired) electrons. The summed E-state index contributed by atoms with van der Waals surface area (Å²) in [6.07, 6.45) is 10.0. The second-order valence-electron chi connectivity index (χ2n) is 3.78. The highest BCUT2D eigenvalue weighted by Crippen LogP contribution is 2.24. The van der Waals surface area contributed by atoms with Crippen LogP contribution in [-0.4, -0.2) is 25.1 Å². The number of allylic oxidation sites excluding steroid dienone is 1. The fraction of sp³-hybridized carbons (Fsp3) is 0.727. The second-order valence-corrected chi connectivity index (χ2v) is 3.78. The minimum atomic E-state index is -0.0851. The second kappa shape index (κ2) is 5.81. The van der Waals surface area contributed by atoms with E-state index in [9.17, 15) is 4.79 Å². The molecule has 80 valence electrons. The summed E-state index contributed by atoms with van der Waals surface area (Å²) in [5, 5.41) is 1.24. The summed E-state index contributed by atoms with van der Waals surface area (Å²) in [7, 11) is 3.11. The molecule has 1 fully saturated rings. The lowest BCUT2D eigenvalue weighted by Gasteiger charge is -2.18. The van der Waals surface area contributed by atoms with Crippen molar-refractivity contribution in [1.82, 2.24) is 5.06 Å². The van der Waals surface area contributed by atoms with Crippen LogP contribution in [0.25, 0.3) is 0 Å². The van der Waals surface area contributed by atoms with Crippen LogP contribution >= 0.6 is 0 Å². The number of hydroxylamine groups is 2. The van der Waals surface area contributed by atoms with Gasteiger partial charge in [0.25, 0.3) is 5.91 Å². The highest BCUT2D eigenvalue weighted by atomic mass is 16.7. The summed E-state index contributed by atoms with van der Waals surface area (Å²) in [6.45, 7) is 0. The van der Waals surface area contributed by atoms with Crippen molar-refractivity contribution in [2.24, 2.45) is 5.92 Å². The molecule has 0 heterocycles. The predicted molar refractivity (Wildman–Crippen MR) is 55.5 cm³/mol. The molecule has 0 aromatic carbocycles. The van der Waals surface area contributed by atoms with Gasteiger partial charge in [0, 0.05) is 13.1 Å². The van der Waals surface area contributed by atoms with E-state index in [0.29, 0.717) is 5.92 Å². The van der Waals surface area contributed by atoms with Crippen molar-refractivity contribution in [2.45, 2.75) is 32.1 Å². The molecule has 0 unspecified atom stereocenters. The highest BCUT2D eigenvalue weighted by molar-refractivity contribution is 5.86. The maximum absolute atomic E-state index is 11.3. The first-order valence-electron chi connectivity index (χ1n) is 5.24. The Kier molecular flexibility index (Phi) is 4.66. The van der Waals surface area contributed by atoms with Crippen LogP contribution in [0.15, 0.2) is 12.2 Å². The number of rotatable bonds is 3. The van der Waals surface area contributed by atoms with Crippen molar-refractivity contribution in [2.75, 3.05) is 14.2 Å². The van der Waals surface area contributed by atoms with Crippen molar-refractivity contribution in [3.05, 3.63) is 12.2 Å². The number of hydrogen-bond donors (Lipinski definition) is 0. The molecule has 0 bridgehead atoms. The van der Waals surface area contributed by atoms with Crippen molar-refractivity contribution in [3.63, 3.8) is 0 Å². The fourth-order valence-electron chi connectivity index (χ4n) is 1.74. The average Bonchev–Trinajstić information content (AvgIpc) is 2.26. The molecule has 0 atom stereocenters. The Morgan fingerprint density at radius 3 is 2.57 bits per heavy atom. The first-order chi connectivity index (χ1) is 6.74. The fourth-order valence-corrected chi connectivity index (χ4v) is 1.74. The minimum Gasteiger partial charge on any atom is -0.274 e. The van der Waals surface area contributed by atoms with E-state index in [0.717, 1.165) is 0 Å². The van der Waals surface area contributed by atoms with Gasteiger partial charge in [0.05, 0.1) is 7.11 Å². The third-order valence-corrected chi connectivity index (χ3v) is 2.75. The minimum absolute atomic E-state index is 0.0851. The first-order valence-corrected chi connectivity index (χ1v) is 5.24. The van der Waals surface area contributed by atoms with Gasteiger partial charge in [-0.1, -0.05) is 25.3 Å². The van der Waals surface area contributed by atoms with Gasteiger partial charge in [0.2, 0.25) is 0 Å². The Morgan fingerprint density at radius 2 is 2.00 bits per heavy atom. The third kappa shape index (κ3) is 3.50. The summed E-state index contributed by atoms with van der Waals surface area (Å²) in [4.78, 5) is 16.1. The molecule has 1 aliphatic carbocycles. The zero-order valence-corrected chi connectivity index (χ0v) is 9.03. The summed E-state index contributed by atoms with van der Waals surface area (Å²) >= 11 is 0. The SMILES string of the molecule is CON(C)C(=O)/C=C\C1CCCCC1. The van der Waals surface area contributed by atoms with Gasteiger partial charge in [-0.3, -0.25) is 9.63 Å². The summed E-state index contributed by atoms with van der Waals surface area (Å²) in [5.41, 5.74) is 0. The quantitative estimate of drug-likeness (QED) is 0.512. The normalized spacial score (nSPS) is 18.7. The number of nitrogens with zero attached hydrogens (tertiary/aromatic N) is 1. The standard InChI is InChI=1S/C11H19NO2/c1-12(14-2)11(13)9-8-10-6-4-3-5-7-10/h8-10H,3-7H2,1-2H3/b9-8-. The van der Waals surface area contributed by atoms with Crippen LogP contribution in [0.2, 0.25) is 0 Å². The number of amides is 1. The third-order valence-electron chi connectivity index (χ3n) is 2.75. The molecule has 1 amide bonds. The molecule has 0 aromatic rings. The molecule has 3 heteroatoms. The van der Waals surface area contributed by atoms with E-state index in [2.05, 4.69) is 0 Å². The van der Waals surface area contributed by atoms with E-state index >= 15 is 0 Å². The van der Waals surface area contributed by atoms with E-state index < -0.39 is 0 Å². The van der Waals surface area contributed by atoms with Crippen LogP contribution in [0.5, 0.6) is 0 Å². The number of likely N-dealkylation sites (N-methyl/N-ethyl adjacent to an activating group) is 1. The van der Waals surface area contributed by atoms with E-state index in [1.807, 2.05) is 6.08 Å². The summed E-state index contributed by atoms with van der Waals surface area (Å²) in [5.74, 6) is 0.510. The Morgan fingerprint density at radius 1 is 1.36 bits per heavy atom. The molecule has 0 saturated heterocycles. The first kappa shape index (κ1) is 11.2. The van der Waals surface area contributed by atoms with Gasteiger partial charge < -0.3 is 0 Å². The maximum Gasteiger partial charge on any atom is 0.269 e. The summed E-state index contributed by atoms with van der Waals surface area (Å²) < 4.78 is 0. The molecule has 1 rings (SSSR count). The average molecular weight is 197 g/mol. The van der Waals surface area contributed by atoms with Gasteiger partial charge in [-0.2, -0.15) is 0 Å². The van der Waals surface area contributed by atoms with Gasteiger partial charge >= 0.3 is 0 Å². The van der Waals surface area contributed by atoms with Gasteiger partial charge in [-0.05, 0) is 18.8 Å². The van der Waals surface area contributed by atoms with E-state index in [1.54, 1.807) is 13.1 Å². The Hall–Kier alpha value is -0.830. The largest absolute Gasteiger partial charge is 0.274 e. The lowest BCUT2D eigenvalue weighted by atomic mass is 9.89. The van der Waals surface area contributed by atoms with Gasteiger partial charge in [-0.25, -0.2) is 5.06 Å². The van der Waals surface area contributed by atoms with Crippen LogP contribution in [0.1, 0.15) is 32.1 Å². The molecule has 14 heavy (non-hydrogen) atoms. The number of hydrogen-bond acceptors (Lipinski definition) is 2. The monoisotopic (exact) mass is 197 g/mol. The molecule has 1 saturated carbocycles. The van der Waals surface area contributed by atoms with Gasteiger partial charge in [0.15, 0.2) is 0 Å². The highest BCUT2D eigenvalue weighted by Gasteiger charge is 2.11. The molecule has 3 nitrogen and oxygen atoms in total. The molecular weight excluding hydrogens is 178 g/mol. The molecule has 1 aliphatic rings. The molecular formula is C11H19NO2. The number of carbonyl (C=O) groups is 1. The Balaban J connectivity index is 2.34. The maximum atomic E-state index is 11.3. The summed E-state index contributed by atoms with van der Waals surface area (Å²) in [6, 6.07) is 0. The Labute approximate surface area is 85.7 Å². The van der Waals surface area contributed by atoms with Crippen LogP contribution in [0.4, 0.5) is 0 Å². The molecule has 0 aromatic heterocycles. The van der Waals surface area contributed by atoms with E-state index in [-0.39, 0.29) is 5.91 Å². The predicted octanol–water partition coefficient (Wildman–Crippen LogP) is 2.14. The van der Waals surface area contributed by atoms with E-state index in [1.165, 1.54) is 44.3 Å². The van der Waals surface area contributed by atoms with Crippen LogP contribution in [-0.2, 0) is 9.63 Å². The topological polar surface area (TPSA) is 29.5 Å². The zero-order chi connectivity index (χ0) is 10.4. The lowest BCUT2D eigenvalue weighted by Crippen LogP contribution is -2.23. The van der Waals surface area contributed by atoms with Crippen LogP contribution in [0, 0.1) is 5.92 Å².